The van der Waals surface area contributed by atoms with Crippen molar-refractivity contribution in [3.63, 3.8) is 0 Å². The number of hydrogen-bond donors (Lipinski definition) is 1. The number of rotatable bonds is 1. The van der Waals surface area contributed by atoms with Crippen LogP contribution in [0.4, 0.5) is 4.79 Å². The second-order valence-electron chi connectivity index (χ2n) is 1.48. The number of ketones is 1. The highest BCUT2D eigenvalue weighted by atomic mass is 32.1. The van der Waals surface area contributed by atoms with Crippen LogP contribution in [0.1, 0.15) is 6.92 Å². The summed E-state index contributed by atoms with van der Waals surface area (Å²) >= 11 is 4.39. The van der Waals surface area contributed by atoms with Gasteiger partial charge in [0, 0.05) is 14.0 Å². The minimum Gasteiger partial charge on any atom is -0.395 e. The van der Waals surface area contributed by atoms with Crippen LogP contribution in [-0.2, 0) is 9.53 Å². The Morgan fingerprint density at radius 1 is 1.50 bits per heavy atom. The lowest BCUT2D eigenvalue weighted by Gasteiger charge is -1.99. The molecule has 4 nitrogen and oxygen atoms in total. The molecule has 0 saturated carbocycles. The Labute approximate surface area is 63.5 Å². The molecule has 0 aliphatic rings. The molecule has 0 atom stereocenters. The average molecular weight is 161 g/mol. The monoisotopic (exact) mass is 161 g/mol. The highest BCUT2D eigenvalue weighted by Gasteiger charge is 2.07. The van der Waals surface area contributed by atoms with Crippen molar-refractivity contribution >= 4 is 29.1 Å². The molecule has 0 unspecified atom stereocenters. The molecule has 0 heterocycles. The molecule has 0 aromatic carbocycles. The highest BCUT2D eigenvalue weighted by Crippen LogP contribution is 1.84. The topological polar surface area (TPSA) is 55.4 Å². The van der Waals surface area contributed by atoms with E-state index in [-0.39, 0.29) is 5.05 Å². The summed E-state index contributed by atoms with van der Waals surface area (Å²) in [4.78, 5) is 20.7. The fourth-order valence-corrected chi connectivity index (χ4v) is 0.283. The number of nitrogens with one attached hydrogen (secondary N) is 1. The first-order chi connectivity index (χ1) is 4.57. The number of alkyl carbamates (subject to hydrolysis) is 1. The van der Waals surface area contributed by atoms with Gasteiger partial charge in [0.05, 0.1) is 0 Å². The van der Waals surface area contributed by atoms with Crippen LogP contribution < -0.4 is 5.32 Å². The second-order valence-corrected chi connectivity index (χ2v) is 1.85. The Kier molecular flexibility index (Phi) is 3.56. The summed E-state index contributed by atoms with van der Waals surface area (Å²) in [7, 11) is 1.38. The Morgan fingerprint density at radius 3 is 2.30 bits per heavy atom. The molecule has 0 saturated heterocycles. The first-order valence-corrected chi connectivity index (χ1v) is 2.93. The van der Waals surface area contributed by atoms with E-state index < -0.39 is 11.9 Å². The number of ether oxygens (including phenoxy) is 1. The highest BCUT2D eigenvalue weighted by molar-refractivity contribution is 7.81. The van der Waals surface area contributed by atoms with E-state index in [4.69, 9.17) is 0 Å². The zero-order valence-corrected chi connectivity index (χ0v) is 6.45. The van der Waals surface area contributed by atoms with E-state index >= 15 is 0 Å². The largest absolute Gasteiger partial charge is 0.413 e. The minimum atomic E-state index is -0.722. The van der Waals surface area contributed by atoms with Crippen molar-refractivity contribution in [3.8, 4) is 0 Å². The molecule has 5 heteroatoms. The maximum atomic E-state index is 10.4. The van der Waals surface area contributed by atoms with Crippen molar-refractivity contribution < 1.29 is 14.3 Å². The van der Waals surface area contributed by atoms with Gasteiger partial charge >= 0.3 is 6.09 Å². The van der Waals surface area contributed by atoms with Crippen LogP contribution in [0.15, 0.2) is 0 Å². The van der Waals surface area contributed by atoms with Crippen molar-refractivity contribution in [2.75, 3.05) is 7.05 Å². The lowest BCUT2D eigenvalue weighted by Crippen LogP contribution is -2.24. The number of carbonyl (C=O) groups excluding carboxylic acids is 2. The quantitative estimate of drug-likeness (QED) is 0.560. The molecular formula is C5H7NO3S. The van der Waals surface area contributed by atoms with Gasteiger partial charge in [-0.2, -0.15) is 0 Å². The summed E-state index contributed by atoms with van der Waals surface area (Å²) < 4.78 is 4.29. The summed E-state index contributed by atoms with van der Waals surface area (Å²) in [5.74, 6) is -0.432. The Hall–Kier alpha value is -0.970. The van der Waals surface area contributed by atoms with Crippen LogP contribution in [0, 0.1) is 0 Å². The van der Waals surface area contributed by atoms with Gasteiger partial charge in [-0.05, 0) is 12.2 Å². The Morgan fingerprint density at radius 2 is 2.00 bits per heavy atom. The van der Waals surface area contributed by atoms with Crippen LogP contribution in [0.2, 0.25) is 0 Å². The Bertz CT molecular complexity index is 178. The zero-order valence-electron chi connectivity index (χ0n) is 5.63. The maximum absolute atomic E-state index is 10.4. The van der Waals surface area contributed by atoms with Gasteiger partial charge < -0.3 is 10.1 Å². The van der Waals surface area contributed by atoms with Gasteiger partial charge in [0.1, 0.15) is 0 Å². The Balaban J connectivity index is 3.80. The summed E-state index contributed by atoms with van der Waals surface area (Å²) in [6.45, 7) is 1.23. The van der Waals surface area contributed by atoms with E-state index in [1.54, 1.807) is 0 Å². The SMILES string of the molecule is CNC(=O)OC(=S)C(C)=O. The molecule has 0 radical (unpaired) electrons. The molecule has 0 aromatic heterocycles. The lowest BCUT2D eigenvalue weighted by atomic mass is 10.5. The molecule has 0 bridgehead atoms. The fourth-order valence-electron chi connectivity index (χ4n) is 0.207. The molecule has 0 aliphatic carbocycles. The fraction of sp³-hybridized carbons (Fsp3) is 0.400. The third kappa shape index (κ3) is 3.13. The third-order valence-electron chi connectivity index (χ3n) is 0.677. The predicted molar refractivity (Wildman–Crippen MR) is 38.8 cm³/mol. The van der Waals surface area contributed by atoms with Crippen molar-refractivity contribution in [2.45, 2.75) is 6.92 Å². The normalized spacial score (nSPS) is 8.20. The number of thiocarbonyl (C=S) groups is 1. The standard InChI is InChI=1S/C5H7NO3S/c1-3(7)4(10)9-5(8)6-2/h1-2H3,(H,6,8). The molecule has 0 aromatic rings. The van der Waals surface area contributed by atoms with Gasteiger partial charge in [-0.15, -0.1) is 0 Å². The number of hydrogen-bond acceptors (Lipinski definition) is 4. The van der Waals surface area contributed by atoms with E-state index in [2.05, 4.69) is 22.3 Å². The number of Topliss-reactive ketones (excluding diaryl/α,β-unsaturated/α-hetero) is 1. The smallest absolute Gasteiger partial charge is 0.395 e. The van der Waals surface area contributed by atoms with E-state index in [9.17, 15) is 9.59 Å². The van der Waals surface area contributed by atoms with Crippen LogP contribution in [0.3, 0.4) is 0 Å². The predicted octanol–water partition coefficient (Wildman–Crippen LogP) is 0.259. The molecule has 0 spiro atoms. The molecule has 1 amide bonds. The first-order valence-electron chi connectivity index (χ1n) is 2.52. The van der Waals surface area contributed by atoms with Crippen molar-refractivity contribution in [1.82, 2.24) is 5.32 Å². The molecule has 1 N–H and O–H groups in total. The maximum Gasteiger partial charge on any atom is 0.413 e. The van der Waals surface area contributed by atoms with Gasteiger partial charge in [-0.1, -0.05) is 0 Å². The molecule has 10 heavy (non-hydrogen) atoms. The van der Waals surface area contributed by atoms with Crippen molar-refractivity contribution in [2.24, 2.45) is 0 Å². The van der Waals surface area contributed by atoms with E-state index in [0.29, 0.717) is 0 Å². The van der Waals surface area contributed by atoms with Gasteiger partial charge in [0.25, 0.3) is 0 Å². The first kappa shape index (κ1) is 9.03. The van der Waals surface area contributed by atoms with Crippen LogP contribution >= 0.6 is 12.2 Å². The summed E-state index contributed by atoms with van der Waals surface area (Å²) in [5.41, 5.74) is 0. The molecule has 56 valence electrons. The van der Waals surface area contributed by atoms with Gasteiger partial charge in [-0.3, -0.25) is 4.79 Å². The van der Waals surface area contributed by atoms with E-state index in [1.165, 1.54) is 14.0 Å². The van der Waals surface area contributed by atoms with Gasteiger partial charge in [0.15, 0.2) is 0 Å². The minimum absolute atomic E-state index is 0.320. The van der Waals surface area contributed by atoms with Crippen LogP contribution in [0.5, 0.6) is 0 Å². The van der Waals surface area contributed by atoms with Gasteiger partial charge in [-0.25, -0.2) is 4.79 Å². The summed E-state index contributed by atoms with van der Waals surface area (Å²) in [6.07, 6.45) is -0.722. The van der Waals surface area contributed by atoms with Crippen LogP contribution in [0.25, 0.3) is 0 Å². The van der Waals surface area contributed by atoms with Gasteiger partial charge in [0.2, 0.25) is 10.8 Å². The third-order valence-corrected chi connectivity index (χ3v) is 1.05. The average Bonchev–Trinajstić information content (AvgIpc) is 1.87. The lowest BCUT2D eigenvalue weighted by molar-refractivity contribution is -0.111. The van der Waals surface area contributed by atoms with Crippen LogP contribution in [-0.4, -0.2) is 24.0 Å². The number of amides is 1. The second kappa shape index (κ2) is 3.94. The summed E-state index contributed by atoms with van der Waals surface area (Å²) in [6, 6.07) is 0. The summed E-state index contributed by atoms with van der Waals surface area (Å²) in [5, 5.41) is 1.83. The molecule has 0 aliphatic heterocycles. The van der Waals surface area contributed by atoms with E-state index in [0.717, 1.165) is 0 Å². The molecule has 0 rings (SSSR count). The van der Waals surface area contributed by atoms with Crippen molar-refractivity contribution in [1.29, 1.82) is 0 Å². The molecular weight excluding hydrogens is 154 g/mol. The zero-order chi connectivity index (χ0) is 8.15. The van der Waals surface area contributed by atoms with E-state index in [1.807, 2.05) is 0 Å². The van der Waals surface area contributed by atoms with Crippen molar-refractivity contribution in [3.05, 3.63) is 0 Å². The molecule has 0 fully saturated rings. The number of carbonyl (C=O) groups is 2.